The molecule has 0 aromatic carbocycles. The fourth-order valence-electron chi connectivity index (χ4n) is 4.68. The van der Waals surface area contributed by atoms with Gasteiger partial charge in [0.2, 0.25) is 0 Å². The molecule has 0 aliphatic carbocycles. The molecule has 0 radical (unpaired) electrons. The van der Waals surface area contributed by atoms with Crippen molar-refractivity contribution in [3.63, 3.8) is 0 Å². The smallest absolute Gasteiger partial charge is 0.305 e. The molecule has 34 heavy (non-hydrogen) atoms. The van der Waals surface area contributed by atoms with Gasteiger partial charge in [0, 0.05) is 58.8 Å². The van der Waals surface area contributed by atoms with Gasteiger partial charge in [0.25, 0.3) is 0 Å². The fraction of sp³-hybridized carbons (Fsp3) is 0.964. The molecule has 0 unspecified atom stereocenters. The molecular formula is C28H58N4O2. The highest BCUT2D eigenvalue weighted by Gasteiger charge is 2.15. The van der Waals surface area contributed by atoms with E-state index in [-0.39, 0.29) is 5.97 Å². The van der Waals surface area contributed by atoms with Crippen LogP contribution in [0.4, 0.5) is 0 Å². The lowest BCUT2D eigenvalue weighted by Crippen LogP contribution is -2.49. The van der Waals surface area contributed by atoms with Gasteiger partial charge < -0.3 is 15.8 Å². The minimum atomic E-state index is -0.00944. The van der Waals surface area contributed by atoms with Gasteiger partial charge in [-0.05, 0) is 25.8 Å². The lowest BCUT2D eigenvalue weighted by Gasteiger charge is -2.34. The summed E-state index contributed by atoms with van der Waals surface area (Å²) in [4.78, 5) is 16.9. The number of nitrogens with two attached hydrogens (primary N) is 1. The van der Waals surface area contributed by atoms with Crippen molar-refractivity contribution in [3.05, 3.63) is 0 Å². The number of esters is 1. The van der Waals surface area contributed by atoms with Crippen LogP contribution in [0.3, 0.4) is 0 Å². The van der Waals surface area contributed by atoms with Crippen molar-refractivity contribution in [1.29, 1.82) is 0 Å². The Morgan fingerprint density at radius 3 is 1.82 bits per heavy atom. The third-order valence-electron chi connectivity index (χ3n) is 7.01. The van der Waals surface area contributed by atoms with Gasteiger partial charge in [-0.25, -0.2) is 0 Å². The van der Waals surface area contributed by atoms with E-state index in [4.69, 9.17) is 10.5 Å². The zero-order valence-electron chi connectivity index (χ0n) is 22.7. The van der Waals surface area contributed by atoms with Crippen LogP contribution in [0.2, 0.25) is 0 Å². The van der Waals surface area contributed by atoms with Gasteiger partial charge in [-0.3, -0.25) is 14.6 Å². The number of rotatable bonds is 24. The van der Waals surface area contributed by atoms with E-state index in [0.717, 1.165) is 84.6 Å². The maximum atomic E-state index is 11.9. The molecule has 0 aromatic heterocycles. The van der Waals surface area contributed by atoms with Crippen LogP contribution in [0.5, 0.6) is 0 Å². The molecular weight excluding hydrogens is 424 g/mol. The van der Waals surface area contributed by atoms with Crippen molar-refractivity contribution < 1.29 is 9.53 Å². The standard InChI is InChI=1S/C28H58N4O2/c1-2-3-4-5-6-7-8-9-10-11-12-16-27-34-28(33)17-14-13-15-19-30-20-22-32-25-23-31(21-18-29)24-26-32/h30H,2-27,29H2,1H3. The molecule has 0 amide bonds. The van der Waals surface area contributed by atoms with Gasteiger partial charge in [-0.2, -0.15) is 0 Å². The normalized spacial score (nSPS) is 15.1. The molecule has 1 fully saturated rings. The van der Waals surface area contributed by atoms with Crippen LogP contribution in [0.25, 0.3) is 0 Å². The SMILES string of the molecule is CCCCCCCCCCCCCCOC(=O)CCCCCNCCN1CCN(CCN)CC1. The first-order chi connectivity index (χ1) is 16.8. The van der Waals surface area contributed by atoms with Gasteiger partial charge in [0.05, 0.1) is 6.61 Å². The number of nitrogens with zero attached hydrogens (tertiary/aromatic N) is 2. The molecule has 1 aliphatic rings. The van der Waals surface area contributed by atoms with Crippen molar-refractivity contribution in [2.24, 2.45) is 5.73 Å². The van der Waals surface area contributed by atoms with Crippen LogP contribution in [0.1, 0.15) is 110 Å². The third kappa shape index (κ3) is 19.6. The first kappa shape index (κ1) is 31.3. The largest absolute Gasteiger partial charge is 0.466 e. The maximum Gasteiger partial charge on any atom is 0.305 e. The molecule has 1 aliphatic heterocycles. The molecule has 202 valence electrons. The predicted molar refractivity (Wildman–Crippen MR) is 145 cm³/mol. The van der Waals surface area contributed by atoms with Gasteiger partial charge in [0.15, 0.2) is 0 Å². The first-order valence-electron chi connectivity index (χ1n) is 14.8. The molecule has 3 N–H and O–H groups in total. The van der Waals surface area contributed by atoms with Gasteiger partial charge in [0.1, 0.15) is 0 Å². The number of ether oxygens (including phenoxy) is 1. The Morgan fingerprint density at radius 2 is 1.24 bits per heavy atom. The predicted octanol–water partition coefficient (Wildman–Crippen LogP) is 4.96. The Bertz CT molecular complexity index is 442. The van der Waals surface area contributed by atoms with Gasteiger partial charge >= 0.3 is 5.97 Å². The zero-order valence-corrected chi connectivity index (χ0v) is 22.7. The number of hydrogen-bond acceptors (Lipinski definition) is 6. The van der Waals surface area contributed by atoms with Crippen molar-refractivity contribution in [3.8, 4) is 0 Å². The summed E-state index contributed by atoms with van der Waals surface area (Å²) in [5.74, 6) is -0.00944. The quantitative estimate of drug-likeness (QED) is 0.150. The van der Waals surface area contributed by atoms with E-state index in [2.05, 4.69) is 22.0 Å². The van der Waals surface area contributed by atoms with E-state index < -0.39 is 0 Å². The molecule has 6 nitrogen and oxygen atoms in total. The summed E-state index contributed by atoms with van der Waals surface area (Å²) in [6.45, 7) is 12.5. The second-order valence-electron chi connectivity index (χ2n) is 10.1. The topological polar surface area (TPSA) is 70.8 Å². The molecule has 0 bridgehead atoms. The summed E-state index contributed by atoms with van der Waals surface area (Å²) in [5, 5.41) is 3.55. The average molecular weight is 483 g/mol. The molecule has 0 saturated carbocycles. The molecule has 1 saturated heterocycles. The zero-order chi connectivity index (χ0) is 24.5. The van der Waals surface area contributed by atoms with Crippen LogP contribution in [0, 0.1) is 0 Å². The minimum Gasteiger partial charge on any atom is -0.466 e. The lowest BCUT2D eigenvalue weighted by molar-refractivity contribution is -0.143. The maximum absolute atomic E-state index is 11.9. The van der Waals surface area contributed by atoms with E-state index in [0.29, 0.717) is 13.0 Å². The summed E-state index contributed by atoms with van der Waals surface area (Å²) >= 11 is 0. The van der Waals surface area contributed by atoms with E-state index in [9.17, 15) is 4.79 Å². The number of unbranched alkanes of at least 4 members (excludes halogenated alkanes) is 13. The Morgan fingerprint density at radius 1 is 0.706 bits per heavy atom. The fourth-order valence-corrected chi connectivity index (χ4v) is 4.68. The Kier molecular flexibility index (Phi) is 22.1. The third-order valence-corrected chi connectivity index (χ3v) is 7.01. The van der Waals surface area contributed by atoms with Crippen molar-refractivity contribution in [2.45, 2.75) is 110 Å². The highest BCUT2D eigenvalue weighted by molar-refractivity contribution is 5.69. The van der Waals surface area contributed by atoms with Gasteiger partial charge in [-0.15, -0.1) is 0 Å². The van der Waals surface area contributed by atoms with Crippen molar-refractivity contribution in [2.75, 3.05) is 65.5 Å². The van der Waals surface area contributed by atoms with Crippen molar-refractivity contribution in [1.82, 2.24) is 15.1 Å². The Balaban J connectivity index is 1.74. The summed E-state index contributed by atoms with van der Waals surface area (Å²) in [5.41, 5.74) is 5.63. The average Bonchev–Trinajstić information content (AvgIpc) is 2.85. The summed E-state index contributed by atoms with van der Waals surface area (Å²) in [6, 6.07) is 0. The summed E-state index contributed by atoms with van der Waals surface area (Å²) < 4.78 is 5.40. The van der Waals surface area contributed by atoms with Crippen LogP contribution in [-0.4, -0.2) is 81.3 Å². The summed E-state index contributed by atoms with van der Waals surface area (Å²) in [6.07, 6.45) is 19.7. The molecule has 1 rings (SSSR count). The summed E-state index contributed by atoms with van der Waals surface area (Å²) in [7, 11) is 0. The number of carbonyl (C=O) groups excluding carboxylic acids is 1. The Labute approximate surface area is 211 Å². The van der Waals surface area contributed by atoms with Crippen molar-refractivity contribution >= 4 is 5.97 Å². The first-order valence-corrected chi connectivity index (χ1v) is 14.8. The lowest BCUT2D eigenvalue weighted by atomic mass is 10.1. The molecule has 0 aromatic rings. The number of carbonyl (C=O) groups is 1. The van der Waals surface area contributed by atoms with Crippen LogP contribution in [0.15, 0.2) is 0 Å². The number of hydrogen-bond donors (Lipinski definition) is 2. The van der Waals surface area contributed by atoms with Gasteiger partial charge in [-0.1, -0.05) is 84.0 Å². The second-order valence-corrected chi connectivity index (χ2v) is 10.1. The highest BCUT2D eigenvalue weighted by Crippen LogP contribution is 2.12. The molecule has 6 heteroatoms. The molecule has 1 heterocycles. The molecule has 0 atom stereocenters. The Hall–Kier alpha value is -0.690. The van der Waals surface area contributed by atoms with E-state index in [1.54, 1.807) is 0 Å². The van der Waals surface area contributed by atoms with E-state index in [1.807, 2.05) is 0 Å². The van der Waals surface area contributed by atoms with Crippen LogP contribution >= 0.6 is 0 Å². The van der Waals surface area contributed by atoms with Crippen LogP contribution < -0.4 is 11.1 Å². The van der Waals surface area contributed by atoms with E-state index >= 15 is 0 Å². The number of nitrogens with one attached hydrogen (secondary N) is 1. The molecule has 0 spiro atoms. The van der Waals surface area contributed by atoms with E-state index in [1.165, 1.54) is 70.6 Å². The minimum absolute atomic E-state index is 0.00944. The monoisotopic (exact) mass is 482 g/mol. The second kappa shape index (κ2) is 24.0. The number of piperazine rings is 1. The highest BCUT2D eigenvalue weighted by atomic mass is 16.5. The van der Waals surface area contributed by atoms with Crippen LogP contribution in [-0.2, 0) is 9.53 Å².